The SMILES string of the molecule is COc1cc2c(cc1OCCCCCOc1cc3c(cc1OC)C(=O)C1C=C(C)C[C@H]1[C@H](O)N3C(=O)OCc1ccc(NC(=O)[C@H](C)NC(=O)[C@@H](NC(=O)CCOCCOCCOCCOCCOCCOCCOCCOCCNC(=O)CCN3C(=O)C=CC3=O)C(C)C)cc1)N=C[C@]1(O)CC(C)=CN1C2=O. The van der Waals surface area contributed by atoms with Gasteiger partial charge in [-0.1, -0.05) is 43.2 Å². The predicted molar refractivity (Wildman–Crippen MR) is 391 cm³/mol. The molecular formula is C76H102N8O24. The summed E-state index contributed by atoms with van der Waals surface area (Å²) in [6, 6.07) is 10.7. The van der Waals surface area contributed by atoms with E-state index in [1.54, 1.807) is 56.4 Å². The number of allylic oxidation sites excluding steroid dienone is 2. The van der Waals surface area contributed by atoms with Gasteiger partial charge in [0.2, 0.25) is 23.6 Å². The minimum Gasteiger partial charge on any atom is -0.493 e. The van der Waals surface area contributed by atoms with Gasteiger partial charge in [0.05, 0.1) is 156 Å². The lowest BCUT2D eigenvalue weighted by molar-refractivity contribution is -0.137. The molecule has 0 bridgehead atoms. The highest BCUT2D eigenvalue weighted by molar-refractivity contribution is 6.13. The molecule has 0 fully saturated rings. The molecule has 3 aromatic rings. The summed E-state index contributed by atoms with van der Waals surface area (Å²) in [7, 11) is 2.92. The van der Waals surface area contributed by atoms with Crippen LogP contribution in [0.2, 0.25) is 0 Å². The molecule has 1 aliphatic carbocycles. The standard InChI is InChI=1S/C76H102N8O24/c1-49(2)69(81-66(86)18-23-98-25-27-100-29-31-102-33-35-104-37-38-105-36-34-103-32-30-101-28-26-99-24-19-77-65(85)17-20-82-67(87)15-16-68(82)88)72(91)79-52(5)71(90)80-54-13-11-53(12-14-54)47-108-75(94)84-60-44-64(62(97-7)42-58(60)70(89)55-39-50(3)40-56(55)74(84)93)107-22-10-8-9-21-106-63-43-59-57(41-61(63)96-6)73(92)83-46-51(4)45-76(83,95)48-78-59/h11-16,39,41-44,46,48-49,52,55-56,69,74,93,95H,8-10,17-38,40,45,47H2,1-7H3,(H,77,85)(H,79,91)(H,80,90)(H,81,86)/t52-,55?,56+,69-,74-,76+/m0/s1. The van der Waals surface area contributed by atoms with Crippen LogP contribution in [0.3, 0.4) is 0 Å². The van der Waals surface area contributed by atoms with Crippen LogP contribution in [0.25, 0.3) is 0 Å². The lowest BCUT2D eigenvalue weighted by Crippen LogP contribution is -2.53. The summed E-state index contributed by atoms with van der Waals surface area (Å²) in [6.07, 6.45) is 7.22. The number of fused-ring (bicyclic) bond motifs is 4. The minimum atomic E-state index is -1.56. The highest BCUT2D eigenvalue weighted by Gasteiger charge is 2.47. The van der Waals surface area contributed by atoms with Crippen LogP contribution in [0, 0.1) is 17.8 Å². The van der Waals surface area contributed by atoms with E-state index in [1.165, 1.54) is 56.5 Å². The highest BCUT2D eigenvalue weighted by atomic mass is 16.6. The third-order valence-corrected chi connectivity index (χ3v) is 17.9. The average molecular weight is 1510 g/mol. The molecule has 1 unspecified atom stereocenters. The van der Waals surface area contributed by atoms with Crippen molar-refractivity contribution < 1.29 is 115 Å². The van der Waals surface area contributed by atoms with E-state index < -0.39 is 77.4 Å². The second-order valence-corrected chi connectivity index (χ2v) is 26.5. The molecule has 0 spiro atoms. The minimum absolute atomic E-state index is 0.0169. The summed E-state index contributed by atoms with van der Waals surface area (Å²) in [6.45, 7) is 14.7. The van der Waals surface area contributed by atoms with E-state index in [-0.39, 0.29) is 105 Å². The summed E-state index contributed by atoms with van der Waals surface area (Å²) in [5.74, 6) is -3.84. The second-order valence-electron chi connectivity index (χ2n) is 26.5. The van der Waals surface area contributed by atoms with E-state index in [0.29, 0.717) is 153 Å². The van der Waals surface area contributed by atoms with Crippen LogP contribution in [-0.4, -0.2) is 250 Å². The van der Waals surface area contributed by atoms with Gasteiger partial charge in [0.15, 0.2) is 34.5 Å². The fraction of sp³-hybridized carbons (Fsp3) is 0.553. The largest absolute Gasteiger partial charge is 0.493 e. The fourth-order valence-electron chi connectivity index (χ4n) is 12.2. The molecule has 0 saturated carbocycles. The van der Waals surface area contributed by atoms with Gasteiger partial charge in [0.1, 0.15) is 24.9 Å². The van der Waals surface area contributed by atoms with Crippen LogP contribution >= 0.6 is 0 Å². The van der Waals surface area contributed by atoms with Crippen molar-refractivity contribution in [2.45, 2.75) is 110 Å². The number of carbonyl (C=O) groups is 9. The molecule has 8 rings (SSSR count). The van der Waals surface area contributed by atoms with Crippen LogP contribution < -0.4 is 45.1 Å². The van der Waals surface area contributed by atoms with Crippen molar-refractivity contribution in [3.8, 4) is 23.0 Å². The van der Waals surface area contributed by atoms with Crippen molar-refractivity contribution >= 4 is 76.5 Å². The number of hydrogen-bond donors (Lipinski definition) is 6. The van der Waals surface area contributed by atoms with Gasteiger partial charge in [-0.25, -0.2) is 4.79 Å². The quantitative estimate of drug-likeness (QED) is 0.0238. The van der Waals surface area contributed by atoms with Crippen molar-refractivity contribution in [1.82, 2.24) is 25.8 Å². The Morgan fingerprint density at radius 1 is 0.620 bits per heavy atom. The first kappa shape index (κ1) is 84.4. The van der Waals surface area contributed by atoms with E-state index in [1.807, 2.05) is 19.9 Å². The highest BCUT2D eigenvalue weighted by Crippen LogP contribution is 2.46. The maximum Gasteiger partial charge on any atom is 0.416 e. The Labute approximate surface area is 628 Å². The Kier molecular flexibility index (Phi) is 33.7. The van der Waals surface area contributed by atoms with E-state index in [9.17, 15) is 53.4 Å². The lowest BCUT2D eigenvalue weighted by atomic mass is 9.88. The monoisotopic (exact) mass is 1510 g/mol. The number of aliphatic imine (C=N–C) groups is 1. The van der Waals surface area contributed by atoms with Gasteiger partial charge >= 0.3 is 6.09 Å². The number of aliphatic hydroxyl groups is 2. The molecule has 0 radical (unpaired) electrons. The number of ether oxygens (including phenoxy) is 13. The zero-order valence-electron chi connectivity index (χ0n) is 62.4. The first-order valence-electron chi connectivity index (χ1n) is 36.3. The van der Waals surface area contributed by atoms with Crippen molar-refractivity contribution in [1.29, 1.82) is 0 Å². The van der Waals surface area contributed by atoms with Crippen molar-refractivity contribution in [2.24, 2.45) is 22.7 Å². The number of carbonyl (C=O) groups excluding carboxylic acids is 9. The first-order valence-corrected chi connectivity index (χ1v) is 36.3. The molecule has 8 amide bonds. The molecular weight excluding hydrogens is 1410 g/mol. The third-order valence-electron chi connectivity index (χ3n) is 17.9. The number of nitrogens with one attached hydrogen (secondary N) is 4. The summed E-state index contributed by atoms with van der Waals surface area (Å²) < 4.78 is 73.5. The molecule has 4 heterocycles. The number of hydrogen-bond acceptors (Lipinski definition) is 25. The topological polar surface area (TPSA) is 384 Å². The summed E-state index contributed by atoms with van der Waals surface area (Å²) in [5, 5.41) is 34.0. The Morgan fingerprint density at radius 3 is 1.73 bits per heavy atom. The Bertz CT molecular complexity index is 3680. The average Bonchev–Trinajstić information content (AvgIpc) is 1.62. The number of unbranched alkanes of at least 4 members (excludes halogenated alkanes) is 2. The smallest absolute Gasteiger partial charge is 0.416 e. The summed E-state index contributed by atoms with van der Waals surface area (Å²) in [4.78, 5) is 125. The number of nitrogens with zero attached hydrogens (tertiary/aromatic N) is 4. The zero-order valence-corrected chi connectivity index (χ0v) is 62.4. The van der Waals surface area contributed by atoms with E-state index in [4.69, 9.17) is 61.6 Å². The van der Waals surface area contributed by atoms with Crippen molar-refractivity contribution in [3.05, 3.63) is 101 Å². The molecule has 0 saturated heterocycles. The molecule has 4 aliphatic heterocycles. The van der Waals surface area contributed by atoms with E-state index in [0.717, 1.165) is 20.9 Å². The number of rotatable bonds is 48. The Hall–Kier alpha value is -9.22. The summed E-state index contributed by atoms with van der Waals surface area (Å²) >= 11 is 0. The molecule has 590 valence electrons. The molecule has 6 atom stereocenters. The molecule has 6 N–H and O–H groups in total. The normalized spacial score (nSPS) is 18.3. The maximum absolute atomic E-state index is 14.3. The number of anilines is 2. The lowest BCUT2D eigenvalue weighted by Gasteiger charge is -2.31. The molecule has 3 aromatic carbocycles. The molecule has 0 aromatic heterocycles. The van der Waals surface area contributed by atoms with Gasteiger partial charge in [-0.15, -0.1) is 0 Å². The summed E-state index contributed by atoms with van der Waals surface area (Å²) in [5.41, 5.74) is 1.92. The fourth-order valence-corrected chi connectivity index (χ4v) is 12.2. The van der Waals surface area contributed by atoms with Crippen LogP contribution in [-0.2, 0) is 78.0 Å². The third kappa shape index (κ3) is 24.9. The first-order chi connectivity index (χ1) is 52.1. The van der Waals surface area contributed by atoms with Gasteiger partial charge in [-0.2, -0.15) is 0 Å². The predicted octanol–water partition coefficient (Wildman–Crippen LogP) is 5.26. The number of benzene rings is 3. The zero-order chi connectivity index (χ0) is 77.5. The van der Waals surface area contributed by atoms with Crippen LogP contribution in [0.1, 0.15) is 106 Å². The molecule has 108 heavy (non-hydrogen) atoms. The van der Waals surface area contributed by atoms with Gasteiger partial charge in [0.25, 0.3) is 17.7 Å². The molecule has 32 nitrogen and oxygen atoms in total. The Morgan fingerprint density at radius 2 is 1.17 bits per heavy atom. The van der Waals surface area contributed by atoms with E-state index >= 15 is 0 Å². The van der Waals surface area contributed by atoms with Gasteiger partial charge in [-0.3, -0.25) is 58.0 Å². The molecule has 32 heteroatoms. The second kappa shape index (κ2) is 43.1. The number of Topliss-reactive ketones (excluding diaryl/α,β-unsaturated/α-hetero) is 1. The van der Waals surface area contributed by atoms with Gasteiger partial charge in [-0.05, 0) is 82.2 Å². The van der Waals surface area contributed by atoms with Gasteiger partial charge in [0, 0.05) is 85.9 Å². The Balaban J connectivity index is 0.653. The number of imide groups is 1. The molecule has 5 aliphatic rings. The van der Waals surface area contributed by atoms with Crippen LogP contribution in [0.15, 0.2) is 89.1 Å². The van der Waals surface area contributed by atoms with Crippen molar-refractivity contribution in [3.63, 3.8) is 0 Å². The van der Waals surface area contributed by atoms with Crippen LogP contribution in [0.4, 0.5) is 21.9 Å². The number of methoxy groups -OCH3 is 2. The number of amides is 8. The van der Waals surface area contributed by atoms with Crippen LogP contribution in [0.5, 0.6) is 23.0 Å². The van der Waals surface area contributed by atoms with Crippen molar-refractivity contribution in [2.75, 3.05) is 156 Å². The van der Waals surface area contributed by atoms with Gasteiger partial charge < -0.3 is 93.1 Å². The number of aliphatic hydroxyl groups excluding tert-OH is 1. The maximum atomic E-state index is 14.3. The number of ketones is 1. The van der Waals surface area contributed by atoms with E-state index in [2.05, 4.69) is 26.3 Å².